The Morgan fingerprint density at radius 2 is 2.16 bits per heavy atom. The van der Waals surface area contributed by atoms with Crippen molar-refractivity contribution >= 4 is 17.2 Å². The number of hydrogen-bond acceptors (Lipinski definition) is 5. The van der Waals surface area contributed by atoms with E-state index in [0.29, 0.717) is 5.82 Å². The largest absolute Gasteiger partial charge is 0.341 e. The zero-order valence-electron chi connectivity index (χ0n) is 10.5. The molecule has 2 aromatic rings. The van der Waals surface area contributed by atoms with Gasteiger partial charge in [-0.05, 0) is 35.9 Å². The molecular weight excluding hydrogens is 262 g/mol. The smallest absolute Gasteiger partial charge is 0.246 e. The molecular formula is C12H15N5OS. The van der Waals surface area contributed by atoms with Gasteiger partial charge in [0, 0.05) is 13.1 Å². The lowest BCUT2D eigenvalue weighted by atomic mass is 10.1. The van der Waals surface area contributed by atoms with Gasteiger partial charge in [-0.15, -0.1) is 21.5 Å². The van der Waals surface area contributed by atoms with E-state index in [1.54, 1.807) is 11.3 Å². The Labute approximate surface area is 115 Å². The summed E-state index contributed by atoms with van der Waals surface area (Å²) in [6, 6.07) is 3.89. The van der Waals surface area contributed by atoms with E-state index in [0.717, 1.165) is 30.8 Å². The minimum atomic E-state index is 0.0785. The lowest BCUT2D eigenvalue weighted by Crippen LogP contribution is -2.38. The minimum Gasteiger partial charge on any atom is -0.341 e. The topological polar surface area (TPSA) is 63.9 Å². The third kappa shape index (κ3) is 2.81. The van der Waals surface area contributed by atoms with Crippen molar-refractivity contribution < 1.29 is 4.79 Å². The summed E-state index contributed by atoms with van der Waals surface area (Å²) >= 11 is 1.56. The van der Waals surface area contributed by atoms with E-state index < -0.39 is 0 Å². The maximum Gasteiger partial charge on any atom is 0.246 e. The van der Waals surface area contributed by atoms with Gasteiger partial charge in [-0.25, -0.2) is 0 Å². The second kappa shape index (κ2) is 5.48. The predicted octanol–water partition coefficient (Wildman–Crippen LogP) is 1.41. The molecule has 3 heterocycles. The van der Waals surface area contributed by atoms with E-state index in [1.165, 1.54) is 11.2 Å². The van der Waals surface area contributed by atoms with Crippen molar-refractivity contribution in [2.45, 2.75) is 25.8 Å². The lowest BCUT2D eigenvalue weighted by Gasteiger charge is -2.26. The number of carbonyl (C=O) groups excluding carboxylic acids is 1. The molecule has 0 atom stereocenters. The van der Waals surface area contributed by atoms with Crippen molar-refractivity contribution in [3.05, 3.63) is 17.5 Å². The van der Waals surface area contributed by atoms with Crippen molar-refractivity contribution in [1.29, 1.82) is 0 Å². The highest BCUT2D eigenvalue weighted by Crippen LogP contribution is 2.19. The molecule has 100 valence electrons. The molecule has 1 aliphatic rings. The van der Waals surface area contributed by atoms with Gasteiger partial charge in [0.2, 0.25) is 11.7 Å². The van der Waals surface area contributed by atoms with Gasteiger partial charge in [0.15, 0.2) is 0 Å². The van der Waals surface area contributed by atoms with Crippen molar-refractivity contribution in [2.75, 3.05) is 13.1 Å². The van der Waals surface area contributed by atoms with Crippen LogP contribution in [0.5, 0.6) is 0 Å². The van der Waals surface area contributed by atoms with Crippen LogP contribution < -0.4 is 0 Å². The fraction of sp³-hybridized carbons (Fsp3) is 0.500. The first-order valence-corrected chi connectivity index (χ1v) is 7.30. The molecule has 0 saturated carbocycles. The number of likely N-dealkylation sites (tertiary alicyclic amines) is 1. The fourth-order valence-electron chi connectivity index (χ4n) is 2.18. The van der Waals surface area contributed by atoms with Gasteiger partial charge in [0.1, 0.15) is 6.54 Å². The molecule has 0 radical (unpaired) electrons. The van der Waals surface area contributed by atoms with Crippen molar-refractivity contribution in [3.8, 4) is 10.7 Å². The average Bonchev–Trinajstić information content (AvgIpc) is 3.10. The van der Waals surface area contributed by atoms with Crippen molar-refractivity contribution in [1.82, 2.24) is 25.1 Å². The second-order valence-electron chi connectivity index (χ2n) is 4.56. The Bertz CT molecular complexity index is 544. The van der Waals surface area contributed by atoms with Gasteiger partial charge in [0.05, 0.1) is 4.88 Å². The molecule has 0 unspecified atom stereocenters. The molecule has 7 heteroatoms. The maximum atomic E-state index is 12.1. The van der Waals surface area contributed by atoms with Gasteiger partial charge >= 0.3 is 0 Å². The molecule has 6 nitrogen and oxygen atoms in total. The van der Waals surface area contributed by atoms with E-state index in [-0.39, 0.29) is 12.5 Å². The summed E-state index contributed by atoms with van der Waals surface area (Å²) < 4.78 is 0. The molecule has 0 bridgehead atoms. The molecule has 1 saturated heterocycles. The summed E-state index contributed by atoms with van der Waals surface area (Å²) in [7, 11) is 0. The summed E-state index contributed by atoms with van der Waals surface area (Å²) in [4.78, 5) is 16.3. The highest BCUT2D eigenvalue weighted by Gasteiger charge is 2.18. The zero-order valence-corrected chi connectivity index (χ0v) is 11.3. The lowest BCUT2D eigenvalue weighted by molar-refractivity contribution is -0.133. The van der Waals surface area contributed by atoms with Crippen LogP contribution in [0.3, 0.4) is 0 Å². The number of piperidine rings is 1. The summed E-state index contributed by atoms with van der Waals surface area (Å²) in [5.74, 6) is 0.663. The molecule has 1 amide bonds. The monoisotopic (exact) mass is 277 g/mol. The summed E-state index contributed by atoms with van der Waals surface area (Å²) in [5, 5.41) is 14.1. The maximum absolute atomic E-state index is 12.1. The number of tetrazole rings is 1. The van der Waals surface area contributed by atoms with Gasteiger partial charge in [-0.3, -0.25) is 4.79 Å². The molecule has 3 rings (SSSR count). The average molecular weight is 277 g/mol. The van der Waals surface area contributed by atoms with Crippen LogP contribution in [-0.2, 0) is 11.3 Å². The number of carbonyl (C=O) groups is 1. The standard InChI is InChI=1S/C12H15N5OS/c18-11(16-6-2-1-3-7-16)9-17-14-12(13-15-17)10-5-4-8-19-10/h4-5,8H,1-3,6-7,9H2. The first-order valence-electron chi connectivity index (χ1n) is 6.42. The van der Waals surface area contributed by atoms with Crippen LogP contribution in [0.1, 0.15) is 19.3 Å². The summed E-state index contributed by atoms with van der Waals surface area (Å²) in [5.41, 5.74) is 0. The van der Waals surface area contributed by atoms with E-state index in [4.69, 9.17) is 0 Å². The minimum absolute atomic E-state index is 0.0785. The molecule has 19 heavy (non-hydrogen) atoms. The predicted molar refractivity (Wildman–Crippen MR) is 71.6 cm³/mol. The molecule has 0 N–H and O–H groups in total. The molecule has 0 aromatic carbocycles. The van der Waals surface area contributed by atoms with E-state index in [1.807, 2.05) is 22.4 Å². The quantitative estimate of drug-likeness (QED) is 0.851. The first kappa shape index (κ1) is 12.3. The third-order valence-corrected chi connectivity index (χ3v) is 4.05. The number of aromatic nitrogens is 4. The summed E-state index contributed by atoms with van der Waals surface area (Å²) in [6.07, 6.45) is 3.40. The normalized spacial score (nSPS) is 15.7. The van der Waals surface area contributed by atoms with Crippen molar-refractivity contribution in [2.24, 2.45) is 0 Å². The van der Waals surface area contributed by atoms with Crippen LogP contribution in [0, 0.1) is 0 Å². The number of nitrogens with zero attached hydrogens (tertiary/aromatic N) is 5. The van der Waals surface area contributed by atoms with Crippen LogP contribution >= 0.6 is 11.3 Å². The first-order chi connectivity index (χ1) is 9.33. The van der Waals surface area contributed by atoms with Gasteiger partial charge in [-0.2, -0.15) is 4.80 Å². The number of thiophene rings is 1. The van der Waals surface area contributed by atoms with E-state index in [9.17, 15) is 4.79 Å². The molecule has 1 aliphatic heterocycles. The second-order valence-corrected chi connectivity index (χ2v) is 5.51. The van der Waals surface area contributed by atoms with Gasteiger partial charge in [-0.1, -0.05) is 6.07 Å². The van der Waals surface area contributed by atoms with Crippen LogP contribution in [0.4, 0.5) is 0 Å². The molecule has 0 aliphatic carbocycles. The zero-order chi connectivity index (χ0) is 13.1. The van der Waals surface area contributed by atoms with Gasteiger partial charge < -0.3 is 4.90 Å². The fourth-order valence-corrected chi connectivity index (χ4v) is 2.83. The van der Waals surface area contributed by atoms with E-state index >= 15 is 0 Å². The highest BCUT2D eigenvalue weighted by molar-refractivity contribution is 7.13. The number of rotatable bonds is 3. The van der Waals surface area contributed by atoms with Crippen LogP contribution in [0.15, 0.2) is 17.5 Å². The highest BCUT2D eigenvalue weighted by atomic mass is 32.1. The Morgan fingerprint density at radius 1 is 1.32 bits per heavy atom. The van der Waals surface area contributed by atoms with Crippen LogP contribution in [-0.4, -0.2) is 44.1 Å². The Morgan fingerprint density at radius 3 is 2.89 bits per heavy atom. The van der Waals surface area contributed by atoms with E-state index in [2.05, 4.69) is 15.4 Å². The van der Waals surface area contributed by atoms with Crippen molar-refractivity contribution in [3.63, 3.8) is 0 Å². The number of hydrogen-bond donors (Lipinski definition) is 0. The molecule has 0 spiro atoms. The molecule has 2 aromatic heterocycles. The third-order valence-electron chi connectivity index (χ3n) is 3.18. The SMILES string of the molecule is O=C(Cn1nnc(-c2cccs2)n1)N1CCCCC1. The van der Waals surface area contributed by atoms with Gasteiger partial charge in [0.25, 0.3) is 0 Å². The van der Waals surface area contributed by atoms with Crippen LogP contribution in [0.25, 0.3) is 10.7 Å². The summed E-state index contributed by atoms with van der Waals surface area (Å²) in [6.45, 7) is 1.88. The Hall–Kier alpha value is -1.76. The molecule has 1 fully saturated rings. The Balaban J connectivity index is 1.65. The number of amides is 1. The Kier molecular flexibility index (Phi) is 3.54. The van der Waals surface area contributed by atoms with Crippen LogP contribution in [0.2, 0.25) is 0 Å².